The first-order valence-corrected chi connectivity index (χ1v) is 13.1. The number of halogens is 1. The molecule has 0 aromatic heterocycles. The highest BCUT2D eigenvalue weighted by Crippen LogP contribution is 2.35. The number of rotatable bonds is 8. The maximum Gasteiger partial charge on any atom is 0.299 e. The van der Waals surface area contributed by atoms with Crippen molar-refractivity contribution < 1.29 is 33.0 Å². The van der Waals surface area contributed by atoms with Gasteiger partial charge >= 0.3 is 0 Å². The van der Waals surface area contributed by atoms with Crippen LogP contribution in [0.3, 0.4) is 0 Å². The molecule has 1 N–H and O–H groups in total. The average Bonchev–Trinajstić information content (AvgIpc) is 3.57. The molecule has 1 atom stereocenters. The molecular formula is C32H24FN3O6. The van der Waals surface area contributed by atoms with Gasteiger partial charge in [-0.1, -0.05) is 60.7 Å². The van der Waals surface area contributed by atoms with Crippen molar-refractivity contribution in [3.05, 3.63) is 120 Å². The van der Waals surface area contributed by atoms with Crippen molar-refractivity contribution in [2.24, 2.45) is 0 Å². The average molecular weight is 566 g/mol. The lowest BCUT2D eigenvalue weighted by molar-refractivity contribution is -0.139. The maximum atomic E-state index is 14.9. The lowest BCUT2D eigenvalue weighted by atomic mass is 10.0. The summed E-state index contributed by atoms with van der Waals surface area (Å²) in [6.07, 6.45) is 0. The Bertz CT molecular complexity index is 1710. The van der Waals surface area contributed by atoms with Gasteiger partial charge in [0.05, 0.1) is 11.3 Å². The summed E-state index contributed by atoms with van der Waals surface area (Å²) in [7, 11) is 0. The van der Waals surface area contributed by atoms with Gasteiger partial charge in [0.2, 0.25) is 12.7 Å². The first kappa shape index (κ1) is 26.7. The maximum absolute atomic E-state index is 14.9. The molecule has 3 amide bonds. The van der Waals surface area contributed by atoms with Crippen molar-refractivity contribution in [1.82, 2.24) is 4.90 Å². The van der Waals surface area contributed by atoms with Crippen LogP contribution in [0, 0.1) is 5.82 Å². The number of benzene rings is 4. The van der Waals surface area contributed by atoms with Gasteiger partial charge in [0.25, 0.3) is 17.6 Å². The number of hydrogen-bond donors (Lipinski definition) is 1. The zero-order valence-electron chi connectivity index (χ0n) is 22.2. The minimum absolute atomic E-state index is 0.0607. The summed E-state index contributed by atoms with van der Waals surface area (Å²) in [5.41, 5.74) is 1.53. The van der Waals surface area contributed by atoms with Gasteiger partial charge in [-0.15, -0.1) is 0 Å². The van der Waals surface area contributed by atoms with Crippen molar-refractivity contribution >= 4 is 34.9 Å². The third-order valence-corrected chi connectivity index (χ3v) is 7.11. The van der Waals surface area contributed by atoms with E-state index >= 15 is 0 Å². The van der Waals surface area contributed by atoms with Crippen LogP contribution < -0.4 is 19.7 Å². The number of Topliss-reactive ketones (excluding diaryl/α,β-unsaturated/α-hetero) is 1. The van der Waals surface area contributed by atoms with E-state index < -0.39 is 41.9 Å². The number of nitrogens with zero attached hydrogens (tertiary/aromatic N) is 2. The van der Waals surface area contributed by atoms with E-state index in [0.29, 0.717) is 28.4 Å². The molecule has 6 rings (SSSR count). The van der Waals surface area contributed by atoms with Crippen molar-refractivity contribution in [3.63, 3.8) is 0 Å². The largest absolute Gasteiger partial charge is 0.454 e. The number of para-hydroxylation sites is 1. The quantitative estimate of drug-likeness (QED) is 0.316. The summed E-state index contributed by atoms with van der Waals surface area (Å²) in [5, 5.41) is 2.83. The smallest absolute Gasteiger partial charge is 0.299 e. The molecule has 1 unspecified atom stereocenters. The van der Waals surface area contributed by atoms with E-state index in [4.69, 9.17) is 9.47 Å². The molecule has 2 heterocycles. The van der Waals surface area contributed by atoms with Gasteiger partial charge in [-0.25, -0.2) is 4.39 Å². The predicted octanol–water partition coefficient (Wildman–Crippen LogP) is 4.49. The zero-order chi connectivity index (χ0) is 29.2. The zero-order valence-corrected chi connectivity index (χ0v) is 22.2. The lowest BCUT2D eigenvalue weighted by Crippen LogP contribution is -2.46. The Morgan fingerprint density at radius 3 is 2.40 bits per heavy atom. The van der Waals surface area contributed by atoms with Gasteiger partial charge in [0.1, 0.15) is 18.4 Å². The number of fused-ring (bicyclic) bond motifs is 2. The molecule has 0 spiro atoms. The highest BCUT2D eigenvalue weighted by molar-refractivity contribution is 6.52. The molecule has 4 aromatic carbocycles. The number of nitrogens with one attached hydrogen (secondary N) is 1. The lowest BCUT2D eigenvalue weighted by Gasteiger charge is -2.33. The van der Waals surface area contributed by atoms with Crippen molar-refractivity contribution in [3.8, 4) is 11.5 Å². The third-order valence-electron chi connectivity index (χ3n) is 7.11. The van der Waals surface area contributed by atoms with E-state index in [1.54, 1.807) is 72.8 Å². The van der Waals surface area contributed by atoms with Crippen molar-refractivity contribution in [2.75, 3.05) is 23.6 Å². The second kappa shape index (κ2) is 11.2. The van der Waals surface area contributed by atoms with Gasteiger partial charge in [-0.05, 0) is 35.9 Å². The summed E-state index contributed by atoms with van der Waals surface area (Å²) in [4.78, 5) is 55.8. The van der Waals surface area contributed by atoms with E-state index in [1.807, 2.05) is 0 Å². The van der Waals surface area contributed by atoms with Gasteiger partial charge < -0.3 is 19.7 Å². The first-order chi connectivity index (χ1) is 20.4. The number of carbonyl (C=O) groups is 4. The summed E-state index contributed by atoms with van der Waals surface area (Å²) < 4.78 is 25.7. The molecule has 0 bridgehead atoms. The number of carbonyl (C=O) groups excluding carboxylic acids is 4. The fraction of sp³-hybridized carbons (Fsp3) is 0.125. The Kier molecular flexibility index (Phi) is 7.10. The number of ketones is 1. The molecule has 0 fully saturated rings. The van der Waals surface area contributed by atoms with E-state index in [-0.39, 0.29) is 24.5 Å². The molecule has 0 saturated carbocycles. The van der Waals surface area contributed by atoms with Gasteiger partial charge in [0.15, 0.2) is 11.5 Å². The minimum atomic E-state index is -1.23. The molecule has 2 aliphatic heterocycles. The standard InChI is InChI=1S/C32H24FN3O6/c33-24-12-6-4-10-21(24)17-36(28(37)18-35-25-13-7-5-11-23(25)30(38)32(35)40)29(20-8-2-1-3-9-20)31(39)34-22-14-15-26-27(16-22)42-19-41-26/h1-16,29H,17-19H2,(H,34,39). The van der Waals surface area contributed by atoms with E-state index in [1.165, 1.54) is 29.2 Å². The molecule has 0 aliphatic carbocycles. The highest BCUT2D eigenvalue weighted by atomic mass is 19.1. The Hall–Kier alpha value is -5.51. The van der Waals surface area contributed by atoms with Crippen LogP contribution in [0.1, 0.15) is 27.5 Å². The van der Waals surface area contributed by atoms with E-state index in [9.17, 15) is 23.6 Å². The number of anilines is 2. The molecule has 0 saturated heterocycles. The molecule has 9 nitrogen and oxygen atoms in total. The number of hydrogen-bond acceptors (Lipinski definition) is 6. The second-order valence-electron chi connectivity index (χ2n) is 9.72. The van der Waals surface area contributed by atoms with E-state index in [2.05, 4.69) is 5.32 Å². The first-order valence-electron chi connectivity index (χ1n) is 13.1. The topological polar surface area (TPSA) is 105 Å². The normalized spacial score (nSPS) is 14.0. The van der Waals surface area contributed by atoms with Gasteiger partial charge in [-0.3, -0.25) is 24.1 Å². The Labute approximate surface area is 240 Å². The SMILES string of the molecule is O=C1C(=O)N(CC(=O)N(Cc2ccccc2F)C(C(=O)Nc2ccc3c(c2)OCO3)c2ccccc2)c2ccccc21. The van der Waals surface area contributed by atoms with Crippen LogP contribution in [0.4, 0.5) is 15.8 Å². The second-order valence-corrected chi connectivity index (χ2v) is 9.72. The van der Waals surface area contributed by atoms with Crippen LogP contribution in [0.5, 0.6) is 11.5 Å². The van der Waals surface area contributed by atoms with Crippen LogP contribution in [-0.2, 0) is 20.9 Å². The molecule has 10 heteroatoms. The van der Waals surface area contributed by atoms with Crippen LogP contribution in [-0.4, -0.2) is 41.7 Å². The molecule has 0 radical (unpaired) electrons. The molecular weight excluding hydrogens is 541 g/mol. The summed E-state index contributed by atoms with van der Waals surface area (Å²) >= 11 is 0. The van der Waals surface area contributed by atoms with Crippen LogP contribution in [0.2, 0.25) is 0 Å². The van der Waals surface area contributed by atoms with Gasteiger partial charge in [-0.2, -0.15) is 0 Å². The molecule has 210 valence electrons. The summed E-state index contributed by atoms with van der Waals surface area (Å²) in [6, 6.07) is 24.6. The fourth-order valence-electron chi connectivity index (χ4n) is 5.06. The monoisotopic (exact) mass is 565 g/mol. The number of ether oxygens (including phenoxy) is 2. The van der Waals surface area contributed by atoms with E-state index in [0.717, 1.165) is 4.90 Å². The van der Waals surface area contributed by atoms with Crippen molar-refractivity contribution in [2.45, 2.75) is 12.6 Å². The highest BCUT2D eigenvalue weighted by Gasteiger charge is 2.39. The summed E-state index contributed by atoms with van der Waals surface area (Å²) in [6.45, 7) is -0.751. The Morgan fingerprint density at radius 2 is 1.60 bits per heavy atom. The van der Waals surface area contributed by atoms with Crippen LogP contribution in [0.15, 0.2) is 97.1 Å². The predicted molar refractivity (Wildman–Crippen MR) is 150 cm³/mol. The van der Waals surface area contributed by atoms with Crippen molar-refractivity contribution in [1.29, 1.82) is 0 Å². The fourth-order valence-corrected chi connectivity index (χ4v) is 5.06. The molecule has 4 aromatic rings. The minimum Gasteiger partial charge on any atom is -0.454 e. The molecule has 42 heavy (non-hydrogen) atoms. The summed E-state index contributed by atoms with van der Waals surface area (Å²) in [5.74, 6) is -2.38. The van der Waals surface area contributed by atoms with Crippen LogP contribution in [0.25, 0.3) is 0 Å². The molecule has 2 aliphatic rings. The Balaban J connectivity index is 1.38. The van der Waals surface area contributed by atoms with Gasteiger partial charge in [0, 0.05) is 23.9 Å². The van der Waals surface area contributed by atoms with Crippen LogP contribution >= 0.6 is 0 Å². The number of amides is 3. The third kappa shape index (κ3) is 5.05. The Morgan fingerprint density at radius 1 is 0.881 bits per heavy atom.